The van der Waals surface area contributed by atoms with Gasteiger partial charge in [-0.3, -0.25) is 9.69 Å². The van der Waals surface area contributed by atoms with Crippen molar-refractivity contribution in [1.29, 1.82) is 0 Å². The number of nitrogens with zero attached hydrogens (tertiary/aromatic N) is 1. The van der Waals surface area contributed by atoms with Crippen LogP contribution in [0.1, 0.15) is 28.8 Å². The van der Waals surface area contributed by atoms with Gasteiger partial charge in [0.1, 0.15) is 0 Å². The Labute approximate surface area is 172 Å². The summed E-state index contributed by atoms with van der Waals surface area (Å²) < 4.78 is 0. The Kier molecular flexibility index (Phi) is 5.92. The molecule has 0 aromatic heterocycles. The standard InChI is InChI=1S/C25H27N3O/c26-23-11-5-9-21(17-23)20-8-4-10-22(16-20)25(29)27-24-12-14-28(15-13-24)18-19-6-2-1-3-7-19/h1-11,16-17,24H,12-15,18,26H2,(H,27,29). The van der Waals surface area contributed by atoms with Gasteiger partial charge in [0, 0.05) is 36.9 Å². The smallest absolute Gasteiger partial charge is 0.251 e. The highest BCUT2D eigenvalue weighted by Crippen LogP contribution is 2.23. The van der Waals surface area contributed by atoms with Crippen LogP contribution in [0.3, 0.4) is 0 Å². The van der Waals surface area contributed by atoms with Gasteiger partial charge in [-0.05, 0) is 53.8 Å². The number of piperidine rings is 1. The average Bonchev–Trinajstić information content (AvgIpc) is 2.76. The van der Waals surface area contributed by atoms with Crippen LogP contribution >= 0.6 is 0 Å². The molecule has 148 valence electrons. The highest BCUT2D eigenvalue weighted by atomic mass is 16.1. The first-order chi connectivity index (χ1) is 14.2. The molecule has 3 N–H and O–H groups in total. The largest absolute Gasteiger partial charge is 0.399 e. The lowest BCUT2D eigenvalue weighted by Gasteiger charge is -2.32. The summed E-state index contributed by atoms with van der Waals surface area (Å²) in [4.78, 5) is 15.2. The molecule has 0 atom stereocenters. The third kappa shape index (κ3) is 5.04. The lowest BCUT2D eigenvalue weighted by molar-refractivity contribution is 0.0909. The van der Waals surface area contributed by atoms with Crippen LogP contribution in [-0.2, 0) is 6.54 Å². The molecule has 3 aromatic rings. The number of anilines is 1. The normalized spacial score (nSPS) is 15.2. The predicted octanol–water partition coefficient (Wildman–Crippen LogP) is 4.33. The number of benzene rings is 3. The summed E-state index contributed by atoms with van der Waals surface area (Å²) in [5.74, 6) is -0.00253. The quantitative estimate of drug-likeness (QED) is 0.643. The van der Waals surface area contributed by atoms with E-state index < -0.39 is 0 Å². The molecule has 4 nitrogen and oxygen atoms in total. The second kappa shape index (κ2) is 8.93. The second-order valence-electron chi connectivity index (χ2n) is 7.72. The highest BCUT2D eigenvalue weighted by molar-refractivity contribution is 5.95. The third-order valence-corrected chi connectivity index (χ3v) is 5.52. The van der Waals surface area contributed by atoms with E-state index in [9.17, 15) is 4.79 Å². The van der Waals surface area contributed by atoms with Gasteiger partial charge in [0.15, 0.2) is 0 Å². The Hall–Kier alpha value is -3.11. The fraction of sp³-hybridized carbons (Fsp3) is 0.240. The molecule has 0 radical (unpaired) electrons. The molecule has 1 heterocycles. The van der Waals surface area contributed by atoms with E-state index in [1.54, 1.807) is 0 Å². The Balaban J connectivity index is 1.34. The first kappa shape index (κ1) is 19.2. The summed E-state index contributed by atoms with van der Waals surface area (Å²) in [5, 5.41) is 3.22. The monoisotopic (exact) mass is 385 g/mol. The second-order valence-corrected chi connectivity index (χ2v) is 7.72. The minimum atomic E-state index is -0.00253. The first-order valence-electron chi connectivity index (χ1n) is 10.2. The lowest BCUT2D eigenvalue weighted by Crippen LogP contribution is -2.44. The van der Waals surface area contributed by atoms with Crippen LogP contribution in [0.5, 0.6) is 0 Å². The van der Waals surface area contributed by atoms with Gasteiger partial charge in [-0.1, -0.05) is 54.6 Å². The van der Waals surface area contributed by atoms with E-state index in [0.29, 0.717) is 5.56 Å². The third-order valence-electron chi connectivity index (χ3n) is 5.52. The van der Waals surface area contributed by atoms with Crippen LogP contribution in [0.4, 0.5) is 5.69 Å². The molecule has 0 bridgehead atoms. The molecule has 0 unspecified atom stereocenters. The zero-order valence-electron chi connectivity index (χ0n) is 16.6. The lowest BCUT2D eigenvalue weighted by atomic mass is 10.0. The molecular weight excluding hydrogens is 358 g/mol. The number of carbonyl (C=O) groups is 1. The Morgan fingerprint density at radius 3 is 2.31 bits per heavy atom. The molecule has 4 rings (SSSR count). The topological polar surface area (TPSA) is 58.4 Å². The molecule has 29 heavy (non-hydrogen) atoms. The van der Waals surface area contributed by atoms with Crippen LogP contribution in [0.25, 0.3) is 11.1 Å². The van der Waals surface area contributed by atoms with Crippen molar-refractivity contribution in [3.05, 3.63) is 90.0 Å². The van der Waals surface area contributed by atoms with Crippen molar-refractivity contribution >= 4 is 11.6 Å². The van der Waals surface area contributed by atoms with Crippen LogP contribution in [-0.4, -0.2) is 29.9 Å². The molecule has 4 heteroatoms. The van der Waals surface area contributed by atoms with Gasteiger partial charge < -0.3 is 11.1 Å². The van der Waals surface area contributed by atoms with Crippen molar-refractivity contribution in [3.63, 3.8) is 0 Å². The molecule has 1 saturated heterocycles. The molecule has 1 amide bonds. The van der Waals surface area contributed by atoms with E-state index in [1.165, 1.54) is 5.56 Å². The Bertz CT molecular complexity index is 963. The van der Waals surface area contributed by atoms with Crippen molar-refractivity contribution in [2.45, 2.75) is 25.4 Å². The van der Waals surface area contributed by atoms with E-state index in [2.05, 4.69) is 34.5 Å². The minimum absolute atomic E-state index is 0.00253. The van der Waals surface area contributed by atoms with Crippen molar-refractivity contribution in [2.24, 2.45) is 0 Å². The zero-order chi connectivity index (χ0) is 20.1. The predicted molar refractivity (Wildman–Crippen MR) is 118 cm³/mol. The fourth-order valence-corrected chi connectivity index (χ4v) is 3.90. The van der Waals surface area contributed by atoms with Crippen LogP contribution in [0.2, 0.25) is 0 Å². The van der Waals surface area contributed by atoms with Crippen LogP contribution in [0.15, 0.2) is 78.9 Å². The summed E-state index contributed by atoms with van der Waals surface area (Å²) >= 11 is 0. The van der Waals surface area contributed by atoms with Crippen LogP contribution < -0.4 is 11.1 Å². The molecule has 3 aromatic carbocycles. The number of hydrogen-bond acceptors (Lipinski definition) is 3. The van der Waals surface area contributed by atoms with Gasteiger partial charge in [-0.25, -0.2) is 0 Å². The SMILES string of the molecule is Nc1cccc(-c2cccc(C(=O)NC3CCN(Cc4ccccc4)CC3)c2)c1. The molecule has 1 aliphatic rings. The molecule has 1 fully saturated rings. The summed E-state index contributed by atoms with van der Waals surface area (Å²) in [6.07, 6.45) is 1.96. The Morgan fingerprint density at radius 2 is 1.59 bits per heavy atom. The maximum atomic E-state index is 12.8. The number of likely N-dealkylation sites (tertiary alicyclic amines) is 1. The van der Waals surface area contributed by atoms with E-state index in [-0.39, 0.29) is 11.9 Å². The summed E-state index contributed by atoms with van der Waals surface area (Å²) in [7, 11) is 0. The number of nitrogen functional groups attached to an aromatic ring is 1. The fourth-order valence-electron chi connectivity index (χ4n) is 3.90. The number of nitrogens with two attached hydrogens (primary N) is 1. The van der Waals surface area contributed by atoms with Crippen molar-refractivity contribution in [2.75, 3.05) is 18.8 Å². The molecule has 0 saturated carbocycles. The average molecular weight is 386 g/mol. The van der Waals surface area contributed by atoms with E-state index in [4.69, 9.17) is 5.73 Å². The summed E-state index contributed by atoms with van der Waals surface area (Å²) in [5.41, 5.74) is 10.7. The maximum absolute atomic E-state index is 12.8. The molecular formula is C25H27N3O. The number of rotatable bonds is 5. The number of amides is 1. The van der Waals surface area contributed by atoms with Gasteiger partial charge in [-0.2, -0.15) is 0 Å². The first-order valence-corrected chi connectivity index (χ1v) is 10.2. The Morgan fingerprint density at radius 1 is 0.897 bits per heavy atom. The van der Waals surface area contributed by atoms with Gasteiger partial charge in [-0.15, -0.1) is 0 Å². The van der Waals surface area contributed by atoms with Crippen molar-refractivity contribution < 1.29 is 4.79 Å². The highest BCUT2D eigenvalue weighted by Gasteiger charge is 2.21. The summed E-state index contributed by atoms with van der Waals surface area (Å²) in [6, 6.07) is 26.3. The van der Waals surface area contributed by atoms with E-state index >= 15 is 0 Å². The molecule has 1 aliphatic heterocycles. The minimum Gasteiger partial charge on any atom is -0.399 e. The maximum Gasteiger partial charge on any atom is 0.251 e. The van der Waals surface area contributed by atoms with Gasteiger partial charge >= 0.3 is 0 Å². The molecule has 0 spiro atoms. The van der Waals surface area contributed by atoms with E-state index in [0.717, 1.165) is 49.3 Å². The van der Waals surface area contributed by atoms with Crippen molar-refractivity contribution in [3.8, 4) is 11.1 Å². The number of carbonyl (C=O) groups excluding carboxylic acids is 1. The molecule has 0 aliphatic carbocycles. The van der Waals surface area contributed by atoms with Crippen LogP contribution in [0, 0.1) is 0 Å². The van der Waals surface area contributed by atoms with Gasteiger partial charge in [0.25, 0.3) is 5.91 Å². The van der Waals surface area contributed by atoms with Gasteiger partial charge in [0.05, 0.1) is 0 Å². The number of nitrogens with one attached hydrogen (secondary N) is 1. The number of hydrogen-bond donors (Lipinski definition) is 2. The van der Waals surface area contributed by atoms with Gasteiger partial charge in [0.2, 0.25) is 0 Å². The summed E-state index contributed by atoms with van der Waals surface area (Å²) in [6.45, 7) is 2.98. The van der Waals surface area contributed by atoms with Crippen molar-refractivity contribution in [1.82, 2.24) is 10.2 Å². The zero-order valence-corrected chi connectivity index (χ0v) is 16.6. The van der Waals surface area contributed by atoms with E-state index in [1.807, 2.05) is 54.6 Å².